The molecule has 0 fully saturated rings. The molecule has 0 bridgehead atoms. The highest BCUT2D eigenvalue weighted by atomic mass is 16.5. The van der Waals surface area contributed by atoms with Crippen molar-refractivity contribution in [1.29, 1.82) is 0 Å². The molecule has 15 nitrogen and oxygen atoms in total. The van der Waals surface area contributed by atoms with Crippen LogP contribution in [0.1, 0.15) is 206 Å². The van der Waals surface area contributed by atoms with E-state index in [0.717, 1.165) is 133 Å². The zero-order valence-electron chi connectivity index (χ0n) is 68.0. The number of ketones is 6. The van der Waals surface area contributed by atoms with Crippen LogP contribution in [0.2, 0.25) is 0 Å². The predicted octanol–water partition coefficient (Wildman–Crippen LogP) is 15.8. The normalized spacial score (nSPS) is 10.7. The number of carbonyl (C=O) groups excluding carboxylic acids is 6. The number of carbonyl (C=O) groups is 6. The molecule has 0 radical (unpaired) electrons. The SMILES string of the molecule is COc1ccc(C(=O)c2cc[n+](CCCCCC[n+]3ccc(C(=O)c4ccc(C#Cc5cc(C#Cc6ccc(C(=O)c7cc[n+](CCCCCC[n+]8ccc(C(=O)c9ccc(OC)cc9)cc8)cc7)cc6)cc(C#Cc6ccc(C(=O)c7cc[n+](CCCCCC[n+]8ccc(C(=O)c9ccc(OC)cc9)cc8)cc7)cc6)c5)cc4)cc3)cc2)cc1. The molecule has 0 spiro atoms. The fraction of sp³-hybridized carbons (Fsp3) is 0.200. The van der Waals surface area contributed by atoms with Crippen molar-refractivity contribution < 1.29 is 70.4 Å². The molecule has 6 heterocycles. The highest BCUT2D eigenvalue weighted by molar-refractivity contribution is 6.12. The number of pyridine rings is 6. The van der Waals surface area contributed by atoms with Crippen molar-refractivity contribution in [2.24, 2.45) is 0 Å². The van der Waals surface area contributed by atoms with Gasteiger partial charge in [-0.1, -0.05) is 35.5 Å². The molecule has 594 valence electrons. The minimum Gasteiger partial charge on any atom is -0.497 e. The Hall–Kier alpha value is -14.5. The Morgan fingerprint density at radius 3 is 0.492 bits per heavy atom. The van der Waals surface area contributed by atoms with Gasteiger partial charge in [0.15, 0.2) is 109 Å². The fourth-order valence-corrected chi connectivity index (χ4v) is 14.0. The second-order valence-electron chi connectivity index (χ2n) is 29.6. The Kier molecular flexibility index (Phi) is 29.5. The minimum absolute atomic E-state index is 0.0189. The monoisotopic (exact) mass is 1580 g/mol. The van der Waals surface area contributed by atoms with E-state index in [1.165, 1.54) is 0 Å². The molecule has 6 aromatic heterocycles. The van der Waals surface area contributed by atoms with Crippen molar-refractivity contribution in [1.82, 2.24) is 0 Å². The second-order valence-corrected chi connectivity index (χ2v) is 29.6. The van der Waals surface area contributed by atoms with Gasteiger partial charge in [-0.15, -0.1) is 0 Å². The molecule has 0 saturated heterocycles. The number of rotatable bonds is 36. The maximum absolute atomic E-state index is 13.8. The Bertz CT molecular complexity index is 5310. The summed E-state index contributed by atoms with van der Waals surface area (Å²) >= 11 is 0. The largest absolute Gasteiger partial charge is 0.497 e. The number of aryl methyl sites for hydroxylation is 6. The van der Waals surface area contributed by atoms with E-state index >= 15 is 0 Å². The maximum Gasteiger partial charge on any atom is 0.193 e. The van der Waals surface area contributed by atoms with Gasteiger partial charge in [-0.25, -0.2) is 27.4 Å². The third-order valence-electron chi connectivity index (χ3n) is 21.2. The maximum atomic E-state index is 13.8. The number of hydrogen-bond donors (Lipinski definition) is 0. The van der Waals surface area contributed by atoms with E-state index in [1.807, 2.05) is 202 Å². The van der Waals surface area contributed by atoms with E-state index in [2.05, 4.69) is 62.9 Å². The molecular formula is C105H96N6O9+6. The molecule has 7 aromatic carbocycles. The van der Waals surface area contributed by atoms with Gasteiger partial charge in [-0.3, -0.25) is 28.8 Å². The van der Waals surface area contributed by atoms with Crippen LogP contribution in [0.25, 0.3) is 0 Å². The summed E-state index contributed by atoms with van der Waals surface area (Å²) in [6.07, 6.45) is 36.1. The summed E-state index contributed by atoms with van der Waals surface area (Å²) in [6, 6.07) is 71.7. The smallest absolute Gasteiger partial charge is 0.193 e. The van der Waals surface area contributed by atoms with Crippen LogP contribution < -0.4 is 41.6 Å². The summed E-state index contributed by atoms with van der Waals surface area (Å²) in [5, 5.41) is 0. The summed E-state index contributed by atoms with van der Waals surface area (Å²) in [5.74, 6) is 21.7. The summed E-state index contributed by atoms with van der Waals surface area (Å²) < 4.78 is 28.4. The zero-order chi connectivity index (χ0) is 83.2. The molecule has 15 heteroatoms. The van der Waals surface area contributed by atoms with Gasteiger partial charge < -0.3 is 14.2 Å². The van der Waals surface area contributed by atoms with Crippen LogP contribution in [-0.2, 0) is 39.3 Å². The second kappa shape index (κ2) is 42.4. The Labute approximate surface area is 702 Å². The molecule has 0 amide bonds. The number of ether oxygens (including phenoxy) is 3. The Morgan fingerprint density at radius 1 is 0.192 bits per heavy atom. The van der Waals surface area contributed by atoms with Gasteiger partial charge in [0.1, 0.15) is 56.5 Å². The number of benzene rings is 7. The quantitative estimate of drug-likeness (QED) is 0.0162. The molecule has 0 saturated carbocycles. The number of hydrogen-bond acceptors (Lipinski definition) is 9. The van der Waals surface area contributed by atoms with Crippen LogP contribution in [-0.4, -0.2) is 56.0 Å². The van der Waals surface area contributed by atoms with E-state index < -0.39 is 0 Å². The molecule has 0 atom stereocenters. The van der Waals surface area contributed by atoms with Crippen molar-refractivity contribution in [3.8, 4) is 52.8 Å². The highest BCUT2D eigenvalue weighted by Crippen LogP contribution is 2.21. The standard InChI is InChI=1S/C105H96N6O9/c1-118-97-40-34-88(35-41-97)103(115)94-52-70-109(71-53-94)61-13-7-4-10-58-106-64-46-91(47-65-106)100(112)85-28-22-79(23-29-85)16-19-82-76-83(20-17-80-24-30-86(31-25-80)101(113)92-48-66-107(67-49-92)59-11-5-8-14-62-110-72-54-95(55-73-110)104(116)89-36-42-98(119-2)43-37-89)78-84(77-82)21-18-81-26-32-87(33-27-81)102(114)93-50-68-108(69-51-93)60-12-6-9-15-63-111-74-56-96(57-75-111)105(117)90-38-44-99(120-3)45-39-90/h22-57,64-78H,4-15,58-63H2,1-3H3/q+6. The topological polar surface area (TPSA) is 153 Å². The lowest BCUT2D eigenvalue weighted by Crippen LogP contribution is -2.33. The number of unbranched alkanes of at least 4 members (excludes halogenated alkanes) is 9. The molecule has 0 aliphatic rings. The van der Waals surface area contributed by atoms with Gasteiger partial charge in [0.25, 0.3) is 0 Å². The van der Waals surface area contributed by atoms with Crippen LogP contribution in [0.15, 0.2) is 311 Å². The first-order chi connectivity index (χ1) is 58.8. The lowest BCUT2D eigenvalue weighted by Gasteiger charge is -2.03. The van der Waals surface area contributed by atoms with Gasteiger partial charge >= 0.3 is 0 Å². The summed E-state index contributed by atoms with van der Waals surface area (Å²) in [7, 11) is 4.82. The zero-order valence-corrected chi connectivity index (χ0v) is 68.0. The van der Waals surface area contributed by atoms with Crippen molar-refractivity contribution in [3.63, 3.8) is 0 Å². The molecule has 0 aliphatic carbocycles. The van der Waals surface area contributed by atoms with Crippen molar-refractivity contribution in [3.05, 3.63) is 411 Å². The van der Waals surface area contributed by atoms with Gasteiger partial charge in [0, 0.05) is 211 Å². The van der Waals surface area contributed by atoms with E-state index in [1.54, 1.807) is 131 Å². The summed E-state index contributed by atoms with van der Waals surface area (Å²) in [4.78, 5) is 80.2. The molecule has 13 rings (SSSR count). The highest BCUT2D eigenvalue weighted by Gasteiger charge is 2.19. The van der Waals surface area contributed by atoms with E-state index in [-0.39, 0.29) is 34.7 Å². The lowest BCUT2D eigenvalue weighted by molar-refractivity contribution is -0.698. The van der Waals surface area contributed by atoms with Crippen LogP contribution in [0.3, 0.4) is 0 Å². The molecule has 13 aromatic rings. The fourth-order valence-electron chi connectivity index (χ4n) is 14.0. The van der Waals surface area contributed by atoms with Crippen LogP contribution in [0, 0.1) is 35.5 Å². The first-order valence-corrected chi connectivity index (χ1v) is 40.9. The van der Waals surface area contributed by atoms with Crippen LogP contribution >= 0.6 is 0 Å². The Balaban J connectivity index is 0.597. The van der Waals surface area contributed by atoms with Gasteiger partial charge in [0.2, 0.25) is 0 Å². The van der Waals surface area contributed by atoms with Crippen molar-refractivity contribution in [2.45, 2.75) is 116 Å². The average Bonchev–Trinajstić information content (AvgIpc) is 0.908. The molecular weight excluding hydrogens is 1490 g/mol. The van der Waals surface area contributed by atoms with Crippen molar-refractivity contribution in [2.75, 3.05) is 21.3 Å². The summed E-state index contributed by atoms with van der Waals surface area (Å²) in [5.41, 5.74) is 11.5. The molecule has 0 N–H and O–H groups in total. The van der Waals surface area contributed by atoms with Gasteiger partial charge in [-0.2, -0.15) is 0 Å². The van der Waals surface area contributed by atoms with Crippen LogP contribution in [0.5, 0.6) is 17.2 Å². The number of nitrogens with zero attached hydrogens (tertiary/aromatic N) is 6. The van der Waals surface area contributed by atoms with E-state index in [0.29, 0.717) is 101 Å². The third kappa shape index (κ3) is 23.9. The van der Waals surface area contributed by atoms with Gasteiger partial charge in [-0.05, 0) is 202 Å². The minimum atomic E-state index is -0.0790. The number of aromatic nitrogens is 6. The van der Waals surface area contributed by atoms with Crippen LogP contribution in [0.4, 0.5) is 0 Å². The average molecular weight is 1590 g/mol. The van der Waals surface area contributed by atoms with Crippen molar-refractivity contribution >= 4 is 34.7 Å². The predicted molar refractivity (Wildman–Crippen MR) is 459 cm³/mol. The lowest BCUT2D eigenvalue weighted by atomic mass is 10.0. The van der Waals surface area contributed by atoms with E-state index in [4.69, 9.17) is 14.2 Å². The van der Waals surface area contributed by atoms with E-state index in [9.17, 15) is 28.8 Å². The molecule has 0 unspecified atom stereocenters. The first-order valence-electron chi connectivity index (χ1n) is 40.9. The van der Waals surface area contributed by atoms with Gasteiger partial charge in [0.05, 0.1) is 21.3 Å². The molecule has 120 heavy (non-hydrogen) atoms. The molecule has 0 aliphatic heterocycles. The summed E-state index contributed by atoms with van der Waals surface area (Å²) in [6.45, 7) is 5.13. The Morgan fingerprint density at radius 2 is 0.333 bits per heavy atom. The third-order valence-corrected chi connectivity index (χ3v) is 21.2. The number of methoxy groups -OCH3 is 3. The first kappa shape index (κ1) is 83.5.